The van der Waals surface area contributed by atoms with E-state index in [1.54, 1.807) is 4.90 Å². The first-order valence-electron chi connectivity index (χ1n) is 5.85. The number of hydrogen-bond acceptors (Lipinski definition) is 4. The molecule has 0 saturated heterocycles. The van der Waals surface area contributed by atoms with E-state index in [1.165, 1.54) is 0 Å². The second-order valence-electron chi connectivity index (χ2n) is 5.44. The van der Waals surface area contributed by atoms with Gasteiger partial charge < -0.3 is 19.3 Å². The van der Waals surface area contributed by atoms with Crippen LogP contribution in [0.2, 0.25) is 0 Å². The molecule has 0 aliphatic carbocycles. The molecule has 0 fully saturated rings. The van der Waals surface area contributed by atoms with E-state index in [9.17, 15) is 9.82 Å². The summed E-state index contributed by atoms with van der Waals surface area (Å²) in [6.07, 6.45) is 0.362. The molecule has 2 heterocycles. The SMILES string of the molecule is CC(C)(C)OC(=O)N1CCC2=C(COB2O)C1. The van der Waals surface area contributed by atoms with Crippen molar-refractivity contribution in [1.82, 2.24) is 4.90 Å². The second kappa shape index (κ2) is 4.35. The van der Waals surface area contributed by atoms with Crippen LogP contribution >= 0.6 is 0 Å². The van der Waals surface area contributed by atoms with Crippen molar-refractivity contribution in [3.8, 4) is 0 Å². The molecule has 1 N–H and O–H groups in total. The van der Waals surface area contributed by atoms with E-state index >= 15 is 0 Å². The van der Waals surface area contributed by atoms with Gasteiger partial charge in [0, 0.05) is 13.1 Å². The highest BCUT2D eigenvalue weighted by atomic mass is 16.6. The van der Waals surface area contributed by atoms with Crippen LogP contribution in [0.4, 0.5) is 4.79 Å². The molecule has 2 aliphatic heterocycles. The molecule has 0 atom stereocenters. The van der Waals surface area contributed by atoms with Crippen molar-refractivity contribution >= 4 is 13.2 Å². The third-order valence-corrected chi connectivity index (χ3v) is 2.85. The summed E-state index contributed by atoms with van der Waals surface area (Å²) in [6.45, 7) is 7.04. The molecule has 6 heteroatoms. The monoisotopic (exact) mass is 239 g/mol. The maximum absolute atomic E-state index is 11.9. The minimum absolute atomic E-state index is 0.301. The van der Waals surface area contributed by atoms with Gasteiger partial charge in [0.2, 0.25) is 0 Å². The largest absolute Gasteiger partial charge is 0.487 e. The lowest BCUT2D eigenvalue weighted by atomic mass is 9.75. The highest BCUT2D eigenvalue weighted by Crippen LogP contribution is 2.26. The highest BCUT2D eigenvalue weighted by Gasteiger charge is 2.36. The topological polar surface area (TPSA) is 59.0 Å². The molecule has 0 radical (unpaired) electrons. The van der Waals surface area contributed by atoms with E-state index in [2.05, 4.69) is 0 Å². The summed E-state index contributed by atoms with van der Waals surface area (Å²) in [5, 5.41) is 9.52. The number of ether oxygens (including phenoxy) is 1. The fourth-order valence-corrected chi connectivity index (χ4v) is 2.04. The van der Waals surface area contributed by atoms with Crippen LogP contribution in [0, 0.1) is 0 Å². The fraction of sp³-hybridized carbons (Fsp3) is 0.727. The van der Waals surface area contributed by atoms with Gasteiger partial charge in [-0.25, -0.2) is 4.79 Å². The summed E-state index contributed by atoms with van der Waals surface area (Å²) in [5.41, 5.74) is 1.47. The maximum Gasteiger partial charge on any atom is 0.487 e. The van der Waals surface area contributed by atoms with Gasteiger partial charge in [-0.1, -0.05) is 0 Å². The smallest absolute Gasteiger partial charge is 0.444 e. The van der Waals surface area contributed by atoms with E-state index in [0.29, 0.717) is 26.1 Å². The number of carbonyl (C=O) groups excluding carboxylic acids is 1. The summed E-state index contributed by atoms with van der Waals surface area (Å²) in [6, 6.07) is 0. The van der Waals surface area contributed by atoms with Gasteiger partial charge in [-0.15, -0.1) is 0 Å². The Balaban J connectivity index is 1.98. The minimum atomic E-state index is -0.772. The van der Waals surface area contributed by atoms with Gasteiger partial charge in [0.15, 0.2) is 0 Å². The standard InChI is InChI=1S/C11H18BNO4/c1-11(2,3)17-10(14)13-5-4-9-8(6-13)7-16-12(9)15/h15H,4-7H2,1-3H3. The molecule has 94 valence electrons. The molecule has 5 nitrogen and oxygen atoms in total. The van der Waals surface area contributed by atoms with Crippen LogP contribution in [0.15, 0.2) is 11.0 Å². The molecule has 0 spiro atoms. The summed E-state index contributed by atoms with van der Waals surface area (Å²) in [7, 11) is -0.772. The van der Waals surface area contributed by atoms with Gasteiger partial charge in [0.1, 0.15) is 5.60 Å². The number of rotatable bonds is 0. The summed E-state index contributed by atoms with van der Waals surface area (Å²) in [5.74, 6) is 0. The summed E-state index contributed by atoms with van der Waals surface area (Å²) in [4.78, 5) is 13.5. The number of carbonyl (C=O) groups is 1. The van der Waals surface area contributed by atoms with Crippen LogP contribution in [0.1, 0.15) is 27.2 Å². The Morgan fingerprint density at radius 3 is 2.88 bits per heavy atom. The molecular weight excluding hydrogens is 221 g/mol. The van der Waals surface area contributed by atoms with Gasteiger partial charge in [-0.2, -0.15) is 0 Å². The maximum atomic E-state index is 11.9. The van der Waals surface area contributed by atoms with Gasteiger partial charge in [-0.05, 0) is 38.2 Å². The third kappa shape index (κ3) is 2.81. The predicted molar refractivity (Wildman–Crippen MR) is 63.4 cm³/mol. The van der Waals surface area contributed by atoms with Crippen LogP contribution in [0.3, 0.4) is 0 Å². The van der Waals surface area contributed by atoms with Gasteiger partial charge >= 0.3 is 13.2 Å². The zero-order chi connectivity index (χ0) is 12.6. The molecular formula is C11H18BNO4. The van der Waals surface area contributed by atoms with Crippen molar-refractivity contribution in [3.63, 3.8) is 0 Å². The third-order valence-electron chi connectivity index (χ3n) is 2.85. The van der Waals surface area contributed by atoms with Crippen LogP contribution in [0.5, 0.6) is 0 Å². The average Bonchev–Trinajstić information content (AvgIpc) is 2.57. The van der Waals surface area contributed by atoms with Crippen LogP contribution in [-0.2, 0) is 9.39 Å². The zero-order valence-corrected chi connectivity index (χ0v) is 10.5. The molecule has 17 heavy (non-hydrogen) atoms. The molecule has 1 amide bonds. The van der Waals surface area contributed by atoms with Crippen molar-refractivity contribution in [1.29, 1.82) is 0 Å². The lowest BCUT2D eigenvalue weighted by Crippen LogP contribution is -2.41. The quantitative estimate of drug-likeness (QED) is 0.640. The fourth-order valence-electron chi connectivity index (χ4n) is 2.04. The predicted octanol–water partition coefficient (Wildman–Crippen LogP) is 0.974. The lowest BCUT2D eigenvalue weighted by molar-refractivity contribution is 0.0260. The van der Waals surface area contributed by atoms with E-state index in [4.69, 9.17) is 9.39 Å². The van der Waals surface area contributed by atoms with E-state index < -0.39 is 12.7 Å². The molecule has 2 rings (SSSR count). The first kappa shape index (κ1) is 12.5. The summed E-state index contributed by atoms with van der Waals surface area (Å²) < 4.78 is 10.4. The molecule has 0 unspecified atom stereocenters. The number of hydrogen-bond donors (Lipinski definition) is 1. The Bertz CT molecular complexity index is 361. The minimum Gasteiger partial charge on any atom is -0.444 e. The van der Waals surface area contributed by atoms with Crippen molar-refractivity contribution in [2.75, 3.05) is 19.7 Å². The van der Waals surface area contributed by atoms with Crippen molar-refractivity contribution in [3.05, 3.63) is 11.0 Å². The van der Waals surface area contributed by atoms with Gasteiger partial charge in [-0.3, -0.25) is 0 Å². The number of nitrogens with zero attached hydrogens (tertiary/aromatic N) is 1. The summed E-state index contributed by atoms with van der Waals surface area (Å²) >= 11 is 0. The van der Waals surface area contributed by atoms with Crippen molar-refractivity contribution in [2.24, 2.45) is 0 Å². The van der Waals surface area contributed by atoms with Crippen LogP contribution < -0.4 is 0 Å². The van der Waals surface area contributed by atoms with Gasteiger partial charge in [0.25, 0.3) is 0 Å². The Labute approximate surface area is 102 Å². The molecule has 2 aliphatic rings. The zero-order valence-electron chi connectivity index (χ0n) is 10.5. The Kier molecular flexibility index (Phi) is 3.18. The Morgan fingerprint density at radius 2 is 2.24 bits per heavy atom. The van der Waals surface area contributed by atoms with E-state index in [0.717, 1.165) is 11.0 Å². The van der Waals surface area contributed by atoms with E-state index in [-0.39, 0.29) is 6.09 Å². The highest BCUT2D eigenvalue weighted by molar-refractivity contribution is 6.53. The number of amides is 1. The Hall–Kier alpha value is -1.01. The molecule has 0 saturated carbocycles. The molecule has 0 aromatic carbocycles. The normalized spacial score (nSPS) is 20.7. The van der Waals surface area contributed by atoms with E-state index in [1.807, 2.05) is 20.8 Å². The first-order valence-corrected chi connectivity index (χ1v) is 5.85. The molecule has 0 aromatic heterocycles. The van der Waals surface area contributed by atoms with Crippen molar-refractivity contribution < 1.29 is 19.2 Å². The van der Waals surface area contributed by atoms with Gasteiger partial charge in [0.05, 0.1) is 6.61 Å². The van der Waals surface area contributed by atoms with Crippen LogP contribution in [0.25, 0.3) is 0 Å². The van der Waals surface area contributed by atoms with Crippen molar-refractivity contribution in [2.45, 2.75) is 32.8 Å². The second-order valence-corrected chi connectivity index (χ2v) is 5.44. The first-order chi connectivity index (χ1) is 7.87. The molecule has 0 bridgehead atoms. The molecule has 0 aromatic rings. The lowest BCUT2D eigenvalue weighted by Gasteiger charge is -2.30. The van der Waals surface area contributed by atoms with Crippen LogP contribution in [-0.4, -0.2) is 48.4 Å². The average molecular weight is 239 g/mol. The Morgan fingerprint density at radius 1 is 1.53 bits per heavy atom.